The van der Waals surface area contributed by atoms with E-state index in [0.29, 0.717) is 18.8 Å². The number of carbonyl (C=O) groups is 2. The van der Waals surface area contributed by atoms with Gasteiger partial charge in [-0.25, -0.2) is 0 Å². The van der Waals surface area contributed by atoms with Crippen LogP contribution in [0.2, 0.25) is 0 Å². The van der Waals surface area contributed by atoms with Gasteiger partial charge in [-0.2, -0.15) is 0 Å². The number of rotatable bonds is 12. The largest absolute Gasteiger partial charge is 0.299 e. The van der Waals surface area contributed by atoms with Gasteiger partial charge < -0.3 is 0 Å². The lowest BCUT2D eigenvalue weighted by molar-refractivity contribution is -0.131. The topological polar surface area (TPSA) is 34.1 Å². The SMILES string of the molecule is CCCCCCCCCCCCCC1CC(=O)CC(=O)C1. The average molecular weight is 294 g/mol. The van der Waals surface area contributed by atoms with E-state index in [1.807, 2.05) is 0 Å². The van der Waals surface area contributed by atoms with E-state index in [-0.39, 0.29) is 18.0 Å². The molecule has 0 aromatic rings. The molecule has 1 aliphatic carbocycles. The highest BCUT2D eigenvalue weighted by Gasteiger charge is 2.24. The summed E-state index contributed by atoms with van der Waals surface area (Å²) >= 11 is 0. The summed E-state index contributed by atoms with van der Waals surface area (Å²) in [5, 5.41) is 0. The molecule has 1 fully saturated rings. The van der Waals surface area contributed by atoms with Crippen LogP contribution in [0, 0.1) is 5.92 Å². The van der Waals surface area contributed by atoms with Crippen LogP contribution in [0.3, 0.4) is 0 Å². The maximum atomic E-state index is 11.4. The lowest BCUT2D eigenvalue weighted by Gasteiger charge is -2.19. The summed E-state index contributed by atoms with van der Waals surface area (Å²) in [6.07, 6.45) is 17.5. The molecule has 0 aliphatic heterocycles. The Morgan fingerprint density at radius 3 is 1.62 bits per heavy atom. The quantitative estimate of drug-likeness (QED) is 0.345. The average Bonchev–Trinajstić information content (AvgIpc) is 2.44. The first kappa shape index (κ1) is 18.4. The van der Waals surface area contributed by atoms with E-state index in [1.165, 1.54) is 70.6 Å². The lowest BCUT2D eigenvalue weighted by Crippen LogP contribution is -2.22. The molecule has 0 aromatic carbocycles. The van der Waals surface area contributed by atoms with Crippen molar-refractivity contribution in [1.29, 1.82) is 0 Å². The first-order valence-corrected chi connectivity index (χ1v) is 9.25. The third-order valence-electron chi connectivity index (χ3n) is 4.64. The molecule has 1 rings (SSSR count). The molecule has 122 valence electrons. The van der Waals surface area contributed by atoms with Crippen molar-refractivity contribution in [2.75, 3.05) is 0 Å². The molecule has 0 atom stereocenters. The molecular weight excluding hydrogens is 260 g/mol. The van der Waals surface area contributed by atoms with E-state index in [4.69, 9.17) is 0 Å². The smallest absolute Gasteiger partial charge is 0.140 e. The molecule has 0 bridgehead atoms. The second-order valence-corrected chi connectivity index (χ2v) is 6.85. The van der Waals surface area contributed by atoms with E-state index in [9.17, 15) is 9.59 Å². The highest BCUT2D eigenvalue weighted by molar-refractivity contribution is 6.01. The van der Waals surface area contributed by atoms with Crippen LogP contribution in [0.4, 0.5) is 0 Å². The summed E-state index contributed by atoms with van der Waals surface area (Å²) in [7, 11) is 0. The minimum Gasteiger partial charge on any atom is -0.299 e. The van der Waals surface area contributed by atoms with Gasteiger partial charge in [0.1, 0.15) is 11.6 Å². The highest BCUT2D eigenvalue weighted by Crippen LogP contribution is 2.24. The van der Waals surface area contributed by atoms with Crippen molar-refractivity contribution in [2.24, 2.45) is 5.92 Å². The van der Waals surface area contributed by atoms with Crippen LogP contribution in [-0.4, -0.2) is 11.6 Å². The number of hydrogen-bond donors (Lipinski definition) is 0. The van der Waals surface area contributed by atoms with Gasteiger partial charge in [0.2, 0.25) is 0 Å². The molecule has 0 aromatic heterocycles. The van der Waals surface area contributed by atoms with Crippen LogP contribution in [0.15, 0.2) is 0 Å². The molecule has 0 heterocycles. The predicted octanol–water partition coefficient (Wildman–Crippen LogP) is 5.63. The zero-order valence-electron chi connectivity index (χ0n) is 14.0. The van der Waals surface area contributed by atoms with Gasteiger partial charge in [-0.05, 0) is 12.3 Å². The number of ketones is 2. The van der Waals surface area contributed by atoms with Crippen LogP contribution < -0.4 is 0 Å². The minimum absolute atomic E-state index is 0.166. The Hall–Kier alpha value is -0.660. The molecule has 1 saturated carbocycles. The molecule has 0 unspecified atom stereocenters. The van der Waals surface area contributed by atoms with E-state index in [2.05, 4.69) is 6.92 Å². The van der Waals surface area contributed by atoms with Gasteiger partial charge in [-0.3, -0.25) is 9.59 Å². The molecule has 0 amide bonds. The normalized spacial score (nSPS) is 16.6. The van der Waals surface area contributed by atoms with E-state index >= 15 is 0 Å². The van der Waals surface area contributed by atoms with Gasteiger partial charge in [-0.1, -0.05) is 77.6 Å². The second kappa shape index (κ2) is 11.9. The van der Waals surface area contributed by atoms with Crippen molar-refractivity contribution in [3.8, 4) is 0 Å². The summed E-state index contributed by atoms with van der Waals surface area (Å²) in [6, 6.07) is 0. The Morgan fingerprint density at radius 2 is 1.14 bits per heavy atom. The van der Waals surface area contributed by atoms with Crippen molar-refractivity contribution in [3.05, 3.63) is 0 Å². The fraction of sp³-hybridized carbons (Fsp3) is 0.895. The molecule has 0 radical (unpaired) electrons. The lowest BCUT2D eigenvalue weighted by atomic mass is 9.84. The number of Topliss-reactive ketones (excluding diaryl/α,β-unsaturated/α-hetero) is 2. The maximum Gasteiger partial charge on any atom is 0.140 e. The summed E-state index contributed by atoms with van der Waals surface area (Å²) in [4.78, 5) is 22.7. The van der Waals surface area contributed by atoms with Crippen molar-refractivity contribution in [1.82, 2.24) is 0 Å². The van der Waals surface area contributed by atoms with E-state index in [0.717, 1.165) is 6.42 Å². The predicted molar refractivity (Wildman–Crippen MR) is 88.4 cm³/mol. The Balaban J connectivity index is 1.84. The summed E-state index contributed by atoms with van der Waals surface area (Å²) < 4.78 is 0. The van der Waals surface area contributed by atoms with Gasteiger partial charge in [0.25, 0.3) is 0 Å². The van der Waals surface area contributed by atoms with Crippen molar-refractivity contribution in [2.45, 2.75) is 103 Å². The number of hydrogen-bond acceptors (Lipinski definition) is 2. The van der Waals surface area contributed by atoms with Crippen molar-refractivity contribution < 1.29 is 9.59 Å². The van der Waals surface area contributed by atoms with E-state index in [1.54, 1.807) is 0 Å². The molecule has 2 nitrogen and oxygen atoms in total. The second-order valence-electron chi connectivity index (χ2n) is 6.85. The third kappa shape index (κ3) is 9.82. The fourth-order valence-corrected chi connectivity index (χ4v) is 3.38. The van der Waals surface area contributed by atoms with Gasteiger partial charge in [0, 0.05) is 12.8 Å². The zero-order chi connectivity index (χ0) is 15.3. The first-order chi connectivity index (χ1) is 10.2. The van der Waals surface area contributed by atoms with Crippen LogP contribution in [-0.2, 0) is 9.59 Å². The summed E-state index contributed by atoms with van der Waals surface area (Å²) in [5.41, 5.74) is 0. The number of carbonyl (C=O) groups excluding carboxylic acids is 2. The third-order valence-corrected chi connectivity index (χ3v) is 4.64. The Labute approximate surface area is 131 Å². The van der Waals surface area contributed by atoms with Crippen LogP contribution in [0.5, 0.6) is 0 Å². The first-order valence-electron chi connectivity index (χ1n) is 9.25. The molecule has 1 aliphatic rings. The minimum atomic E-state index is 0.166. The molecule has 0 spiro atoms. The Morgan fingerprint density at radius 1 is 0.714 bits per heavy atom. The van der Waals surface area contributed by atoms with Crippen molar-refractivity contribution in [3.63, 3.8) is 0 Å². The maximum absolute atomic E-state index is 11.4. The molecule has 2 heteroatoms. The molecule has 0 saturated heterocycles. The van der Waals surface area contributed by atoms with Crippen LogP contribution in [0.1, 0.15) is 103 Å². The highest BCUT2D eigenvalue weighted by atomic mass is 16.1. The monoisotopic (exact) mass is 294 g/mol. The molecule has 21 heavy (non-hydrogen) atoms. The fourth-order valence-electron chi connectivity index (χ4n) is 3.38. The van der Waals surface area contributed by atoms with Gasteiger partial charge in [0.15, 0.2) is 0 Å². The Bertz CT molecular complexity index is 280. The summed E-state index contributed by atoms with van der Waals surface area (Å²) in [6.45, 7) is 2.26. The van der Waals surface area contributed by atoms with Gasteiger partial charge in [0.05, 0.1) is 6.42 Å². The molecule has 0 N–H and O–H groups in total. The molecular formula is C19H34O2. The van der Waals surface area contributed by atoms with E-state index < -0.39 is 0 Å². The summed E-state index contributed by atoms with van der Waals surface area (Å²) in [5.74, 6) is 0.691. The van der Waals surface area contributed by atoms with Crippen molar-refractivity contribution >= 4 is 11.6 Å². The van der Waals surface area contributed by atoms with Gasteiger partial charge >= 0.3 is 0 Å². The van der Waals surface area contributed by atoms with Gasteiger partial charge in [-0.15, -0.1) is 0 Å². The Kier molecular flexibility index (Phi) is 10.5. The zero-order valence-corrected chi connectivity index (χ0v) is 14.0. The standard InChI is InChI=1S/C19H34O2/c1-2-3-4-5-6-7-8-9-10-11-12-13-17-14-18(20)16-19(21)15-17/h17H,2-16H2,1H3. The van der Waals surface area contributed by atoms with Crippen LogP contribution >= 0.6 is 0 Å². The van der Waals surface area contributed by atoms with Crippen LogP contribution in [0.25, 0.3) is 0 Å². The number of unbranched alkanes of at least 4 members (excludes halogenated alkanes) is 10.